The Kier molecular flexibility index (Phi) is 6.21. The number of anilines is 1. The Morgan fingerprint density at radius 3 is 2.73 bits per heavy atom. The highest BCUT2D eigenvalue weighted by Crippen LogP contribution is 2.14. The highest BCUT2D eigenvalue weighted by atomic mass is 32.2. The number of hydrogen-bond donors (Lipinski definition) is 1. The number of halogens is 1. The van der Waals surface area contributed by atoms with E-state index < -0.39 is 0 Å². The summed E-state index contributed by atoms with van der Waals surface area (Å²) in [5.41, 5.74) is 0.955. The van der Waals surface area contributed by atoms with Gasteiger partial charge in [-0.25, -0.2) is 4.39 Å². The highest BCUT2D eigenvalue weighted by Gasteiger charge is 2.17. The monoisotopic (exact) mass is 326 g/mol. The van der Waals surface area contributed by atoms with Crippen molar-refractivity contribution in [2.24, 2.45) is 0 Å². The van der Waals surface area contributed by atoms with Crippen LogP contribution >= 0.6 is 11.8 Å². The average Bonchev–Trinajstić information content (AvgIpc) is 2.51. The van der Waals surface area contributed by atoms with E-state index in [-0.39, 0.29) is 29.1 Å². The molecule has 5 nitrogen and oxygen atoms in total. The molecule has 2 amide bonds. The van der Waals surface area contributed by atoms with Crippen molar-refractivity contribution >= 4 is 29.3 Å². The summed E-state index contributed by atoms with van der Waals surface area (Å²) in [6, 6.07) is 4.55. The molecule has 22 heavy (non-hydrogen) atoms. The Hall–Kier alpha value is -1.60. The van der Waals surface area contributed by atoms with Gasteiger partial charge in [-0.3, -0.25) is 9.59 Å². The molecule has 120 valence electrons. The fraction of sp³-hybridized carbons (Fsp3) is 0.467. The average molecular weight is 326 g/mol. The van der Waals surface area contributed by atoms with Crippen LogP contribution < -0.4 is 5.32 Å². The molecule has 1 aromatic carbocycles. The number of benzene rings is 1. The first kappa shape index (κ1) is 16.8. The molecule has 0 atom stereocenters. The van der Waals surface area contributed by atoms with E-state index in [4.69, 9.17) is 4.74 Å². The Balaban J connectivity index is 1.71. The standard InChI is InChI=1S/C15H19FN2O3S/c1-11-2-3-12(8-13(11)16)17-14(19)9-22-10-15(20)18-4-6-21-7-5-18/h2-3,8H,4-7,9-10H2,1H3,(H,17,19). The van der Waals surface area contributed by atoms with Crippen molar-refractivity contribution in [3.8, 4) is 0 Å². The molecule has 2 rings (SSSR count). The highest BCUT2D eigenvalue weighted by molar-refractivity contribution is 8.00. The van der Waals surface area contributed by atoms with Crippen molar-refractivity contribution in [2.45, 2.75) is 6.92 Å². The van der Waals surface area contributed by atoms with Crippen molar-refractivity contribution in [3.05, 3.63) is 29.6 Å². The number of carbonyl (C=O) groups is 2. The molecule has 0 bridgehead atoms. The van der Waals surface area contributed by atoms with Crippen LogP contribution in [0.15, 0.2) is 18.2 Å². The quantitative estimate of drug-likeness (QED) is 0.894. The van der Waals surface area contributed by atoms with E-state index in [1.54, 1.807) is 24.0 Å². The van der Waals surface area contributed by atoms with Gasteiger partial charge in [-0.1, -0.05) is 6.07 Å². The number of rotatable bonds is 5. The van der Waals surface area contributed by atoms with Crippen LogP contribution in [0.5, 0.6) is 0 Å². The number of nitrogens with zero attached hydrogens (tertiary/aromatic N) is 1. The molecule has 0 aromatic heterocycles. The molecule has 1 aliphatic heterocycles. The number of amides is 2. The third-order valence-electron chi connectivity index (χ3n) is 3.28. The van der Waals surface area contributed by atoms with E-state index in [0.29, 0.717) is 37.6 Å². The molecule has 0 unspecified atom stereocenters. The zero-order valence-electron chi connectivity index (χ0n) is 12.4. The minimum atomic E-state index is -0.354. The van der Waals surface area contributed by atoms with Crippen LogP contribution in [0.2, 0.25) is 0 Å². The lowest BCUT2D eigenvalue weighted by Crippen LogP contribution is -2.41. The summed E-state index contributed by atoms with van der Waals surface area (Å²) in [6.07, 6.45) is 0. The molecule has 1 heterocycles. The summed E-state index contributed by atoms with van der Waals surface area (Å²) >= 11 is 1.25. The summed E-state index contributed by atoms with van der Waals surface area (Å²) in [5, 5.41) is 2.62. The smallest absolute Gasteiger partial charge is 0.234 e. The minimum absolute atomic E-state index is 0.0162. The maximum absolute atomic E-state index is 13.4. The SMILES string of the molecule is Cc1ccc(NC(=O)CSCC(=O)N2CCOCC2)cc1F. The summed E-state index contributed by atoms with van der Waals surface area (Å²) < 4.78 is 18.6. The van der Waals surface area contributed by atoms with Crippen LogP contribution in [0.25, 0.3) is 0 Å². The van der Waals surface area contributed by atoms with Gasteiger partial charge in [0, 0.05) is 18.8 Å². The van der Waals surface area contributed by atoms with Crippen LogP contribution in [0, 0.1) is 12.7 Å². The van der Waals surface area contributed by atoms with Crippen LogP contribution in [0.4, 0.5) is 10.1 Å². The maximum Gasteiger partial charge on any atom is 0.234 e. The Morgan fingerprint density at radius 1 is 1.32 bits per heavy atom. The number of hydrogen-bond acceptors (Lipinski definition) is 4. The number of aryl methyl sites for hydroxylation is 1. The topological polar surface area (TPSA) is 58.6 Å². The molecule has 7 heteroatoms. The zero-order chi connectivity index (χ0) is 15.9. The molecule has 0 radical (unpaired) electrons. The lowest BCUT2D eigenvalue weighted by Gasteiger charge is -2.26. The first-order valence-corrected chi connectivity index (χ1v) is 8.21. The predicted molar refractivity (Wildman–Crippen MR) is 84.5 cm³/mol. The fourth-order valence-corrected chi connectivity index (χ4v) is 2.72. The second kappa shape index (κ2) is 8.14. The van der Waals surface area contributed by atoms with Gasteiger partial charge in [-0.15, -0.1) is 11.8 Å². The van der Waals surface area contributed by atoms with Gasteiger partial charge in [0.15, 0.2) is 0 Å². The number of nitrogens with one attached hydrogen (secondary N) is 1. The van der Waals surface area contributed by atoms with Gasteiger partial charge in [0.1, 0.15) is 5.82 Å². The first-order chi connectivity index (χ1) is 10.6. The molecule has 0 aliphatic carbocycles. The Morgan fingerprint density at radius 2 is 2.05 bits per heavy atom. The summed E-state index contributed by atoms with van der Waals surface area (Å²) in [5.74, 6) is -0.167. The molecule has 1 fully saturated rings. The van der Waals surface area contributed by atoms with Crippen molar-refractivity contribution in [1.29, 1.82) is 0 Å². The number of ether oxygens (including phenoxy) is 1. The van der Waals surface area contributed by atoms with Gasteiger partial charge in [-0.2, -0.15) is 0 Å². The third-order valence-corrected chi connectivity index (χ3v) is 4.20. The van der Waals surface area contributed by atoms with E-state index in [1.807, 2.05) is 0 Å². The molecule has 1 N–H and O–H groups in total. The van der Waals surface area contributed by atoms with E-state index >= 15 is 0 Å². The lowest BCUT2D eigenvalue weighted by molar-refractivity contribution is -0.132. The van der Waals surface area contributed by atoms with Gasteiger partial charge in [0.25, 0.3) is 0 Å². The van der Waals surface area contributed by atoms with Gasteiger partial charge < -0.3 is 15.0 Å². The molecule has 0 spiro atoms. The van der Waals surface area contributed by atoms with Crippen molar-refractivity contribution in [2.75, 3.05) is 43.1 Å². The number of morpholine rings is 1. The van der Waals surface area contributed by atoms with E-state index in [1.165, 1.54) is 17.8 Å². The molecule has 1 aliphatic rings. The van der Waals surface area contributed by atoms with Crippen LogP contribution in [0.1, 0.15) is 5.56 Å². The summed E-state index contributed by atoms with van der Waals surface area (Å²) in [7, 11) is 0. The second-order valence-electron chi connectivity index (χ2n) is 5.00. The van der Waals surface area contributed by atoms with Crippen molar-refractivity contribution in [3.63, 3.8) is 0 Å². The Bertz CT molecular complexity index is 548. The number of thioether (sulfide) groups is 1. The molecule has 1 aromatic rings. The number of carbonyl (C=O) groups excluding carboxylic acids is 2. The Labute approximate surface area is 133 Å². The molecule has 0 saturated carbocycles. The summed E-state index contributed by atoms with van der Waals surface area (Å²) in [6.45, 7) is 4.00. The van der Waals surface area contributed by atoms with E-state index in [0.717, 1.165) is 0 Å². The van der Waals surface area contributed by atoms with E-state index in [9.17, 15) is 14.0 Å². The molecule has 1 saturated heterocycles. The van der Waals surface area contributed by atoms with Crippen LogP contribution in [0.3, 0.4) is 0 Å². The molecular weight excluding hydrogens is 307 g/mol. The maximum atomic E-state index is 13.4. The van der Waals surface area contributed by atoms with Gasteiger partial charge in [0.2, 0.25) is 11.8 Å². The largest absolute Gasteiger partial charge is 0.378 e. The predicted octanol–water partition coefficient (Wildman–Crippen LogP) is 1.66. The molecular formula is C15H19FN2O3S. The van der Waals surface area contributed by atoms with E-state index in [2.05, 4.69) is 5.32 Å². The fourth-order valence-electron chi connectivity index (χ4n) is 2.00. The van der Waals surface area contributed by atoms with Gasteiger partial charge in [-0.05, 0) is 24.6 Å². The summed E-state index contributed by atoms with van der Waals surface area (Å²) in [4.78, 5) is 25.4. The van der Waals surface area contributed by atoms with Crippen LogP contribution in [-0.2, 0) is 14.3 Å². The van der Waals surface area contributed by atoms with Crippen LogP contribution in [-0.4, -0.2) is 54.5 Å². The zero-order valence-corrected chi connectivity index (χ0v) is 13.2. The first-order valence-electron chi connectivity index (χ1n) is 7.05. The van der Waals surface area contributed by atoms with Gasteiger partial charge in [0.05, 0.1) is 24.7 Å². The third kappa shape index (κ3) is 4.99. The van der Waals surface area contributed by atoms with Crippen molar-refractivity contribution < 1.29 is 18.7 Å². The normalized spacial score (nSPS) is 14.7. The van der Waals surface area contributed by atoms with Crippen molar-refractivity contribution in [1.82, 2.24) is 4.90 Å². The van der Waals surface area contributed by atoms with Gasteiger partial charge >= 0.3 is 0 Å². The second-order valence-corrected chi connectivity index (χ2v) is 5.98. The minimum Gasteiger partial charge on any atom is -0.378 e. The lowest BCUT2D eigenvalue weighted by atomic mass is 10.2.